The van der Waals surface area contributed by atoms with E-state index in [0.29, 0.717) is 16.4 Å². The van der Waals surface area contributed by atoms with Crippen LogP contribution in [0.4, 0.5) is 11.5 Å². The minimum Gasteiger partial charge on any atom is -0.477 e. The van der Waals surface area contributed by atoms with Crippen LogP contribution in [0.3, 0.4) is 0 Å². The van der Waals surface area contributed by atoms with E-state index in [9.17, 15) is 14.7 Å². The third-order valence-electron chi connectivity index (χ3n) is 8.97. The molecule has 2 saturated carbocycles. The maximum atomic E-state index is 13.5. The monoisotopic (exact) mass is 592 g/mol. The molecule has 1 aliphatic heterocycles. The van der Waals surface area contributed by atoms with Gasteiger partial charge in [0.1, 0.15) is 11.0 Å². The Kier molecular flexibility index (Phi) is 9.12. The van der Waals surface area contributed by atoms with Crippen LogP contribution in [0.2, 0.25) is 0 Å². The summed E-state index contributed by atoms with van der Waals surface area (Å²) in [6.45, 7) is 9.73. The van der Waals surface area contributed by atoms with E-state index >= 15 is 0 Å². The fraction of sp³-hybridized carbons (Fsp3) is 0.636. The second kappa shape index (κ2) is 12.6. The van der Waals surface area contributed by atoms with Crippen molar-refractivity contribution in [3.05, 3.63) is 28.0 Å². The van der Waals surface area contributed by atoms with Crippen LogP contribution >= 0.6 is 11.3 Å². The Morgan fingerprint density at radius 3 is 2.31 bits per heavy atom. The summed E-state index contributed by atoms with van der Waals surface area (Å²) in [5.74, 6) is 7.02. The molecule has 2 aliphatic carbocycles. The summed E-state index contributed by atoms with van der Waals surface area (Å²) in [5, 5.41) is 18.9. The Balaban J connectivity index is 1.36. The molecule has 1 saturated heterocycles. The van der Waals surface area contributed by atoms with Gasteiger partial charge < -0.3 is 19.6 Å². The summed E-state index contributed by atoms with van der Waals surface area (Å²) in [6.07, 6.45) is 11.0. The van der Waals surface area contributed by atoms with Crippen molar-refractivity contribution in [1.82, 2.24) is 10.2 Å². The second-order valence-corrected chi connectivity index (χ2v) is 14.2. The van der Waals surface area contributed by atoms with Crippen LogP contribution in [-0.2, 0) is 4.79 Å². The minimum atomic E-state index is -1.01. The van der Waals surface area contributed by atoms with Gasteiger partial charge in [-0.2, -0.15) is 0 Å². The number of aromatic carboxylic acids is 1. The van der Waals surface area contributed by atoms with E-state index in [1.165, 1.54) is 24.2 Å². The molecular formula is C33H44N4O4S. The van der Waals surface area contributed by atoms with E-state index in [-0.39, 0.29) is 28.2 Å². The highest BCUT2D eigenvalue weighted by molar-refractivity contribution is 7.15. The van der Waals surface area contributed by atoms with E-state index in [1.54, 1.807) is 6.92 Å². The number of carboxylic acid groups (broad SMARTS) is 1. The fourth-order valence-electron chi connectivity index (χ4n) is 7.09. The number of nitrogens with zero attached hydrogens (tertiary/aromatic N) is 4. The van der Waals surface area contributed by atoms with Gasteiger partial charge in [-0.3, -0.25) is 4.79 Å². The van der Waals surface area contributed by atoms with Gasteiger partial charge in [0.2, 0.25) is 11.8 Å². The largest absolute Gasteiger partial charge is 0.477 e. The first-order valence-corrected chi connectivity index (χ1v) is 16.3. The van der Waals surface area contributed by atoms with Crippen LogP contribution in [-0.4, -0.2) is 51.9 Å². The van der Waals surface area contributed by atoms with Crippen LogP contribution in [0.1, 0.15) is 113 Å². The average molecular weight is 593 g/mol. The second-order valence-electron chi connectivity index (χ2n) is 13.2. The van der Waals surface area contributed by atoms with Gasteiger partial charge in [0.25, 0.3) is 0 Å². The van der Waals surface area contributed by atoms with Gasteiger partial charge in [-0.25, -0.2) is 4.79 Å². The molecule has 0 spiro atoms. The molecule has 0 bridgehead atoms. The zero-order chi connectivity index (χ0) is 29.9. The number of aromatic nitrogens is 2. The Morgan fingerprint density at radius 2 is 1.74 bits per heavy atom. The van der Waals surface area contributed by atoms with Crippen molar-refractivity contribution >= 4 is 34.7 Å². The molecule has 2 aromatic heterocycles. The predicted molar refractivity (Wildman–Crippen MR) is 166 cm³/mol. The number of amides is 1. The highest BCUT2D eigenvalue weighted by Crippen LogP contribution is 2.49. The van der Waals surface area contributed by atoms with Gasteiger partial charge in [0.15, 0.2) is 5.82 Å². The molecule has 226 valence electrons. The number of hydrogen-bond acceptors (Lipinski definition) is 7. The van der Waals surface area contributed by atoms with Crippen LogP contribution < -0.4 is 14.5 Å². The molecule has 9 heteroatoms. The first kappa shape index (κ1) is 30.3. The summed E-state index contributed by atoms with van der Waals surface area (Å²) in [4.78, 5) is 30.9. The quantitative estimate of drug-likeness (QED) is 0.348. The first-order valence-electron chi connectivity index (χ1n) is 15.5. The lowest BCUT2D eigenvalue weighted by atomic mass is 9.66. The van der Waals surface area contributed by atoms with Crippen molar-refractivity contribution in [3.63, 3.8) is 0 Å². The fourth-order valence-corrected chi connectivity index (χ4v) is 7.93. The van der Waals surface area contributed by atoms with Crippen molar-refractivity contribution in [2.24, 2.45) is 11.3 Å². The zero-order valence-electron chi connectivity index (χ0n) is 25.4. The Morgan fingerprint density at radius 1 is 1.05 bits per heavy atom. The normalized spacial score (nSPS) is 22.2. The van der Waals surface area contributed by atoms with E-state index < -0.39 is 11.5 Å². The Labute approximate surface area is 253 Å². The SMILES string of the molecule is CC(=O)N(c1cc(C#CC(C)(C)C)sc1C(=O)O)C1(C2CCC(Oc3ccc(N4CCCC4)nn3)CC2)CCCCC1. The molecule has 3 aliphatic rings. The van der Waals surface area contributed by atoms with Crippen molar-refractivity contribution < 1.29 is 19.4 Å². The highest BCUT2D eigenvalue weighted by atomic mass is 32.1. The molecule has 0 atom stereocenters. The molecule has 0 unspecified atom stereocenters. The lowest BCUT2D eigenvalue weighted by Crippen LogP contribution is -2.58. The van der Waals surface area contributed by atoms with Gasteiger partial charge in [-0.1, -0.05) is 31.1 Å². The molecule has 0 radical (unpaired) electrons. The number of anilines is 2. The topological polar surface area (TPSA) is 95.9 Å². The van der Waals surface area contributed by atoms with Gasteiger partial charge in [0.05, 0.1) is 16.1 Å². The molecule has 1 N–H and O–H groups in total. The highest BCUT2D eigenvalue weighted by Gasteiger charge is 2.48. The van der Waals surface area contributed by atoms with E-state index in [0.717, 1.165) is 76.7 Å². The zero-order valence-corrected chi connectivity index (χ0v) is 26.3. The summed E-state index contributed by atoms with van der Waals surface area (Å²) in [7, 11) is 0. The minimum absolute atomic E-state index is 0.0506. The van der Waals surface area contributed by atoms with E-state index in [1.807, 2.05) is 43.9 Å². The van der Waals surface area contributed by atoms with E-state index in [2.05, 4.69) is 26.9 Å². The lowest BCUT2D eigenvalue weighted by molar-refractivity contribution is -0.118. The van der Waals surface area contributed by atoms with Crippen LogP contribution in [0, 0.1) is 23.2 Å². The van der Waals surface area contributed by atoms with E-state index in [4.69, 9.17) is 4.74 Å². The van der Waals surface area contributed by atoms with Crippen LogP contribution in [0.5, 0.6) is 5.88 Å². The van der Waals surface area contributed by atoms with Crippen LogP contribution in [0.15, 0.2) is 18.2 Å². The number of carboxylic acids is 1. The molecule has 3 fully saturated rings. The summed E-state index contributed by atoms with van der Waals surface area (Å²) in [5.41, 5.74) is -0.112. The molecular weight excluding hydrogens is 548 g/mol. The maximum Gasteiger partial charge on any atom is 0.348 e. The average Bonchev–Trinajstić information content (AvgIpc) is 3.64. The Bertz CT molecular complexity index is 1320. The molecule has 8 nitrogen and oxygen atoms in total. The standard InChI is InChI=1S/C33H44N4O4S/c1-23(38)37(27-22-26(16-19-32(2,3)4)42-30(27)31(39)40)33(17-6-5-7-18-33)24-10-12-25(13-11-24)41-29-15-14-28(34-35-29)36-20-8-9-21-36/h14-15,22,24-25H,5-13,17-18,20-21H2,1-4H3,(H,39,40). The number of rotatable bonds is 7. The van der Waals surface area contributed by atoms with Gasteiger partial charge in [-0.15, -0.1) is 21.5 Å². The molecule has 3 heterocycles. The van der Waals surface area contributed by atoms with Crippen molar-refractivity contribution in [3.8, 4) is 17.7 Å². The van der Waals surface area contributed by atoms with Gasteiger partial charge in [0, 0.05) is 31.5 Å². The molecule has 0 aromatic carbocycles. The van der Waals surface area contributed by atoms with Crippen molar-refractivity contribution in [2.75, 3.05) is 22.9 Å². The summed E-state index contributed by atoms with van der Waals surface area (Å²) >= 11 is 1.17. The summed E-state index contributed by atoms with van der Waals surface area (Å²) in [6, 6.07) is 5.77. The van der Waals surface area contributed by atoms with Crippen molar-refractivity contribution in [2.45, 2.75) is 110 Å². The van der Waals surface area contributed by atoms with Gasteiger partial charge >= 0.3 is 5.97 Å². The first-order chi connectivity index (χ1) is 20.1. The molecule has 42 heavy (non-hydrogen) atoms. The molecule has 1 amide bonds. The number of carbonyl (C=O) groups is 2. The number of thiophene rings is 1. The third kappa shape index (κ3) is 6.75. The van der Waals surface area contributed by atoms with Crippen LogP contribution in [0.25, 0.3) is 0 Å². The molecule has 2 aromatic rings. The van der Waals surface area contributed by atoms with Gasteiger partial charge in [-0.05, 0) is 90.2 Å². The molecule has 5 rings (SSSR count). The number of hydrogen-bond donors (Lipinski definition) is 1. The third-order valence-corrected chi connectivity index (χ3v) is 9.99. The lowest BCUT2D eigenvalue weighted by Gasteiger charge is -2.52. The summed E-state index contributed by atoms with van der Waals surface area (Å²) < 4.78 is 6.28. The maximum absolute atomic E-state index is 13.5. The number of ether oxygens (including phenoxy) is 1. The van der Waals surface area contributed by atoms with Crippen molar-refractivity contribution in [1.29, 1.82) is 0 Å². The number of carbonyl (C=O) groups excluding carboxylic acids is 1. The predicted octanol–water partition coefficient (Wildman–Crippen LogP) is 6.93. The smallest absolute Gasteiger partial charge is 0.348 e. The Hall–Kier alpha value is -3.12.